The smallest absolute Gasteiger partial charge is 0.0472 e. The van der Waals surface area contributed by atoms with Crippen LogP contribution in [0.1, 0.15) is 39.5 Å². The van der Waals surface area contributed by atoms with E-state index in [1.54, 1.807) is 0 Å². The summed E-state index contributed by atoms with van der Waals surface area (Å²) >= 11 is 0. The molecule has 2 aliphatic heterocycles. The summed E-state index contributed by atoms with van der Waals surface area (Å²) in [5.41, 5.74) is 0.449. The Morgan fingerprint density at radius 2 is 2.06 bits per heavy atom. The molecule has 2 fully saturated rings. The fourth-order valence-corrected chi connectivity index (χ4v) is 3.80. The van der Waals surface area contributed by atoms with E-state index in [-0.39, 0.29) is 0 Å². The molecule has 1 N–H and O–H groups in total. The van der Waals surface area contributed by atoms with E-state index in [2.05, 4.69) is 31.1 Å². The normalized spacial score (nSPS) is 29.0. The first-order valence-electron chi connectivity index (χ1n) is 7.63. The molecule has 0 radical (unpaired) electrons. The van der Waals surface area contributed by atoms with Crippen LogP contribution in [-0.2, 0) is 4.74 Å². The van der Waals surface area contributed by atoms with Crippen LogP contribution in [-0.4, -0.2) is 50.8 Å². The largest absolute Gasteiger partial charge is 0.381 e. The molecule has 0 aromatic carbocycles. The average molecular weight is 254 g/mol. The maximum absolute atomic E-state index is 5.56. The van der Waals surface area contributed by atoms with E-state index in [9.17, 15) is 0 Å². The maximum Gasteiger partial charge on any atom is 0.0472 e. The van der Waals surface area contributed by atoms with Crippen molar-refractivity contribution in [1.29, 1.82) is 0 Å². The number of ether oxygens (including phenoxy) is 1. The number of nitrogens with zero attached hydrogens (tertiary/aromatic N) is 1. The van der Waals surface area contributed by atoms with Gasteiger partial charge in [-0.25, -0.2) is 0 Å². The highest BCUT2D eigenvalue weighted by molar-refractivity contribution is 4.91. The van der Waals surface area contributed by atoms with E-state index < -0.39 is 0 Å². The topological polar surface area (TPSA) is 24.5 Å². The molecule has 3 heteroatoms. The number of hydrogen-bond acceptors (Lipinski definition) is 3. The zero-order valence-electron chi connectivity index (χ0n) is 12.4. The highest BCUT2D eigenvalue weighted by Crippen LogP contribution is 2.34. The molecule has 18 heavy (non-hydrogen) atoms. The Hall–Kier alpha value is -0.120. The molecule has 0 saturated carbocycles. The van der Waals surface area contributed by atoms with Gasteiger partial charge in [0.1, 0.15) is 0 Å². The monoisotopic (exact) mass is 254 g/mol. The molecule has 1 atom stereocenters. The summed E-state index contributed by atoms with van der Waals surface area (Å²) in [4.78, 5) is 2.76. The molecule has 0 spiro atoms. The Kier molecular flexibility index (Phi) is 5.05. The van der Waals surface area contributed by atoms with Gasteiger partial charge in [-0.1, -0.05) is 13.8 Å². The van der Waals surface area contributed by atoms with Gasteiger partial charge in [-0.05, 0) is 50.6 Å². The first kappa shape index (κ1) is 14.3. The first-order chi connectivity index (χ1) is 8.67. The van der Waals surface area contributed by atoms with E-state index >= 15 is 0 Å². The lowest BCUT2D eigenvalue weighted by molar-refractivity contribution is -0.00840. The van der Waals surface area contributed by atoms with E-state index in [0.717, 1.165) is 31.7 Å². The summed E-state index contributed by atoms with van der Waals surface area (Å²) in [5, 5.41) is 3.41. The zero-order chi connectivity index (χ0) is 13.0. The van der Waals surface area contributed by atoms with Crippen molar-refractivity contribution in [2.75, 3.05) is 39.9 Å². The van der Waals surface area contributed by atoms with Crippen LogP contribution in [0.4, 0.5) is 0 Å². The summed E-state index contributed by atoms with van der Waals surface area (Å²) in [6.45, 7) is 10.3. The summed E-state index contributed by atoms with van der Waals surface area (Å²) in [6.07, 6.45) is 5.21. The molecule has 2 heterocycles. The molecule has 0 aromatic heterocycles. The van der Waals surface area contributed by atoms with Crippen LogP contribution in [0.2, 0.25) is 0 Å². The number of rotatable bonds is 5. The Morgan fingerprint density at radius 3 is 2.67 bits per heavy atom. The summed E-state index contributed by atoms with van der Waals surface area (Å²) in [5.74, 6) is 0.791. The van der Waals surface area contributed by atoms with Crippen LogP contribution in [0.5, 0.6) is 0 Å². The second kappa shape index (κ2) is 6.36. The zero-order valence-corrected chi connectivity index (χ0v) is 12.4. The third-order valence-electron chi connectivity index (χ3n) is 4.83. The molecular formula is C15H30N2O. The van der Waals surface area contributed by atoms with Crippen molar-refractivity contribution >= 4 is 0 Å². The highest BCUT2D eigenvalue weighted by Gasteiger charge is 2.37. The van der Waals surface area contributed by atoms with Crippen molar-refractivity contribution in [1.82, 2.24) is 10.2 Å². The van der Waals surface area contributed by atoms with E-state index in [1.807, 2.05) is 0 Å². The molecule has 2 saturated heterocycles. The molecule has 1 unspecified atom stereocenters. The summed E-state index contributed by atoms with van der Waals surface area (Å²) in [7, 11) is 2.08. The second-order valence-electron chi connectivity index (χ2n) is 6.57. The van der Waals surface area contributed by atoms with Gasteiger partial charge in [-0.15, -0.1) is 0 Å². The molecule has 0 bridgehead atoms. The third kappa shape index (κ3) is 3.25. The molecule has 3 nitrogen and oxygen atoms in total. The maximum atomic E-state index is 5.56. The predicted octanol–water partition coefficient (Wildman–Crippen LogP) is 2.12. The minimum Gasteiger partial charge on any atom is -0.381 e. The first-order valence-corrected chi connectivity index (χ1v) is 7.63. The second-order valence-corrected chi connectivity index (χ2v) is 6.57. The summed E-state index contributed by atoms with van der Waals surface area (Å²) < 4.78 is 5.56. The van der Waals surface area contributed by atoms with Crippen molar-refractivity contribution < 1.29 is 4.74 Å². The molecular weight excluding hydrogens is 224 g/mol. The van der Waals surface area contributed by atoms with Gasteiger partial charge in [0.2, 0.25) is 0 Å². The molecule has 106 valence electrons. The number of likely N-dealkylation sites (tertiary alicyclic amines) is 1. The van der Waals surface area contributed by atoms with Gasteiger partial charge in [0.25, 0.3) is 0 Å². The number of nitrogens with one attached hydrogen (secondary N) is 1. The Bertz CT molecular complexity index is 243. The number of hydrogen-bond donors (Lipinski definition) is 1. The predicted molar refractivity (Wildman–Crippen MR) is 75.8 cm³/mol. The Labute approximate surface area is 112 Å². The fourth-order valence-electron chi connectivity index (χ4n) is 3.80. The lowest BCUT2D eigenvalue weighted by Gasteiger charge is -2.42. The SMILES string of the molecule is CNCC1(CN2CCCC2C(C)C)CCOCC1. The van der Waals surface area contributed by atoms with Crippen molar-refractivity contribution in [3.8, 4) is 0 Å². The van der Waals surface area contributed by atoms with E-state index in [4.69, 9.17) is 4.74 Å². The van der Waals surface area contributed by atoms with Crippen LogP contribution < -0.4 is 5.32 Å². The van der Waals surface area contributed by atoms with Gasteiger partial charge < -0.3 is 10.1 Å². The van der Waals surface area contributed by atoms with Crippen molar-refractivity contribution in [3.05, 3.63) is 0 Å². The van der Waals surface area contributed by atoms with Gasteiger partial charge in [0.05, 0.1) is 0 Å². The van der Waals surface area contributed by atoms with Crippen LogP contribution in [0.15, 0.2) is 0 Å². The highest BCUT2D eigenvalue weighted by atomic mass is 16.5. The Morgan fingerprint density at radius 1 is 1.33 bits per heavy atom. The van der Waals surface area contributed by atoms with Gasteiger partial charge in [-0.3, -0.25) is 4.90 Å². The molecule has 0 aromatic rings. The third-order valence-corrected chi connectivity index (χ3v) is 4.83. The summed E-state index contributed by atoms with van der Waals surface area (Å²) in [6, 6.07) is 0.807. The lowest BCUT2D eigenvalue weighted by atomic mass is 9.79. The van der Waals surface area contributed by atoms with Crippen LogP contribution in [0.25, 0.3) is 0 Å². The van der Waals surface area contributed by atoms with Crippen LogP contribution >= 0.6 is 0 Å². The molecule has 2 rings (SSSR count). The lowest BCUT2D eigenvalue weighted by Crippen LogP contribution is -2.48. The minimum absolute atomic E-state index is 0.449. The van der Waals surface area contributed by atoms with Crippen LogP contribution in [0.3, 0.4) is 0 Å². The molecule has 2 aliphatic rings. The van der Waals surface area contributed by atoms with Crippen molar-refractivity contribution in [2.45, 2.75) is 45.6 Å². The quantitative estimate of drug-likeness (QED) is 0.813. The van der Waals surface area contributed by atoms with Gasteiger partial charge in [0.15, 0.2) is 0 Å². The van der Waals surface area contributed by atoms with Crippen molar-refractivity contribution in [3.63, 3.8) is 0 Å². The standard InChI is InChI=1S/C15H30N2O/c1-13(2)14-5-4-8-17(14)12-15(11-16-3)6-9-18-10-7-15/h13-14,16H,4-12H2,1-3H3. The van der Waals surface area contributed by atoms with Gasteiger partial charge in [-0.2, -0.15) is 0 Å². The fraction of sp³-hybridized carbons (Fsp3) is 1.00. The van der Waals surface area contributed by atoms with E-state index in [1.165, 1.54) is 38.8 Å². The Balaban J connectivity index is 1.99. The van der Waals surface area contributed by atoms with Crippen LogP contribution in [0, 0.1) is 11.3 Å². The minimum atomic E-state index is 0.449. The molecule has 0 amide bonds. The van der Waals surface area contributed by atoms with Gasteiger partial charge in [0, 0.05) is 32.3 Å². The molecule has 0 aliphatic carbocycles. The van der Waals surface area contributed by atoms with Crippen molar-refractivity contribution in [2.24, 2.45) is 11.3 Å². The average Bonchev–Trinajstić information content (AvgIpc) is 2.78. The van der Waals surface area contributed by atoms with E-state index in [0.29, 0.717) is 5.41 Å². The van der Waals surface area contributed by atoms with Gasteiger partial charge >= 0.3 is 0 Å².